The Kier molecular flexibility index (Phi) is 8.02. The SMILES string of the molecule is CN(CC(=O)NCCCN1CCCCCC1=O)Cc1ccc(Cl)s1. The molecule has 1 N–H and O–H groups in total. The van der Waals surface area contributed by atoms with Gasteiger partial charge < -0.3 is 10.2 Å². The number of carbonyl (C=O) groups excluding carboxylic acids is 2. The van der Waals surface area contributed by atoms with Crippen LogP contribution in [0, 0.1) is 0 Å². The van der Waals surface area contributed by atoms with Gasteiger partial charge in [0.05, 0.1) is 10.9 Å². The van der Waals surface area contributed by atoms with Crippen LogP contribution in [0.2, 0.25) is 4.34 Å². The monoisotopic (exact) mass is 371 g/mol. The molecule has 1 aromatic rings. The van der Waals surface area contributed by atoms with Gasteiger partial charge in [0.25, 0.3) is 0 Å². The molecule has 0 bridgehead atoms. The molecule has 0 saturated carbocycles. The second kappa shape index (κ2) is 10.0. The summed E-state index contributed by atoms with van der Waals surface area (Å²) in [5.74, 6) is 0.274. The Bertz CT molecular complexity index is 550. The first-order chi connectivity index (χ1) is 11.5. The van der Waals surface area contributed by atoms with Crippen LogP contribution in [0.3, 0.4) is 0 Å². The Morgan fingerprint density at radius 2 is 2.21 bits per heavy atom. The first-order valence-corrected chi connectivity index (χ1v) is 9.71. The van der Waals surface area contributed by atoms with Crippen molar-refractivity contribution in [3.05, 3.63) is 21.3 Å². The first-order valence-electron chi connectivity index (χ1n) is 8.52. The van der Waals surface area contributed by atoms with Gasteiger partial charge in [-0.3, -0.25) is 14.5 Å². The van der Waals surface area contributed by atoms with E-state index in [1.165, 1.54) is 11.3 Å². The fourth-order valence-corrected chi connectivity index (χ4v) is 4.00. The molecular weight excluding hydrogens is 346 g/mol. The summed E-state index contributed by atoms with van der Waals surface area (Å²) in [7, 11) is 1.92. The highest BCUT2D eigenvalue weighted by Crippen LogP contribution is 2.22. The highest BCUT2D eigenvalue weighted by Gasteiger charge is 2.15. The molecule has 0 aromatic carbocycles. The summed E-state index contributed by atoms with van der Waals surface area (Å²) in [6.07, 6.45) is 4.72. The minimum absolute atomic E-state index is 0.0161. The Morgan fingerprint density at radius 3 is 2.96 bits per heavy atom. The first kappa shape index (κ1) is 19.2. The van der Waals surface area contributed by atoms with Gasteiger partial charge >= 0.3 is 0 Å². The van der Waals surface area contributed by atoms with Crippen LogP contribution in [0.5, 0.6) is 0 Å². The van der Waals surface area contributed by atoms with Gasteiger partial charge in [-0.05, 0) is 38.4 Å². The Balaban J connectivity index is 1.59. The number of carbonyl (C=O) groups is 2. The fourth-order valence-electron chi connectivity index (χ4n) is 2.83. The molecule has 0 spiro atoms. The van der Waals surface area contributed by atoms with Crippen LogP contribution in [0.4, 0.5) is 0 Å². The van der Waals surface area contributed by atoms with Gasteiger partial charge in [-0.25, -0.2) is 0 Å². The molecule has 0 unspecified atom stereocenters. The van der Waals surface area contributed by atoms with Crippen molar-refractivity contribution >= 4 is 34.8 Å². The van der Waals surface area contributed by atoms with Crippen molar-refractivity contribution in [2.75, 3.05) is 33.2 Å². The molecule has 0 radical (unpaired) electrons. The van der Waals surface area contributed by atoms with E-state index in [-0.39, 0.29) is 11.8 Å². The van der Waals surface area contributed by atoms with Gasteiger partial charge in [0, 0.05) is 37.5 Å². The Labute approximate surface area is 153 Å². The van der Waals surface area contributed by atoms with Crippen molar-refractivity contribution in [2.24, 2.45) is 0 Å². The number of amides is 2. The molecule has 134 valence electrons. The smallest absolute Gasteiger partial charge is 0.234 e. The average Bonchev–Trinajstić information content (AvgIpc) is 2.81. The maximum atomic E-state index is 12.0. The zero-order valence-electron chi connectivity index (χ0n) is 14.2. The molecule has 2 rings (SSSR count). The molecule has 2 amide bonds. The number of likely N-dealkylation sites (tertiary alicyclic amines) is 1. The topological polar surface area (TPSA) is 52.7 Å². The van der Waals surface area contributed by atoms with Crippen molar-refractivity contribution < 1.29 is 9.59 Å². The quantitative estimate of drug-likeness (QED) is 0.715. The largest absolute Gasteiger partial charge is 0.355 e. The van der Waals surface area contributed by atoms with E-state index in [2.05, 4.69) is 5.32 Å². The van der Waals surface area contributed by atoms with Crippen LogP contribution in [-0.4, -0.2) is 54.8 Å². The number of likely N-dealkylation sites (N-methyl/N-ethyl adjacent to an activating group) is 1. The molecule has 1 saturated heterocycles. The third-order valence-corrected chi connectivity index (χ3v) is 5.28. The van der Waals surface area contributed by atoms with Gasteiger partial charge in [-0.1, -0.05) is 18.0 Å². The highest BCUT2D eigenvalue weighted by molar-refractivity contribution is 7.16. The lowest BCUT2D eigenvalue weighted by atomic mass is 10.2. The Morgan fingerprint density at radius 1 is 1.38 bits per heavy atom. The second-order valence-electron chi connectivity index (χ2n) is 6.27. The van der Waals surface area contributed by atoms with Crippen LogP contribution in [0.15, 0.2) is 12.1 Å². The lowest BCUT2D eigenvalue weighted by Crippen LogP contribution is -2.37. The lowest BCUT2D eigenvalue weighted by molar-refractivity contribution is -0.130. The van der Waals surface area contributed by atoms with E-state index in [4.69, 9.17) is 11.6 Å². The summed E-state index contributed by atoms with van der Waals surface area (Å²) < 4.78 is 0.769. The third kappa shape index (κ3) is 6.79. The summed E-state index contributed by atoms with van der Waals surface area (Å²) in [6, 6.07) is 3.86. The van der Waals surface area contributed by atoms with E-state index in [0.29, 0.717) is 26.1 Å². The summed E-state index contributed by atoms with van der Waals surface area (Å²) in [6.45, 7) is 3.29. The van der Waals surface area contributed by atoms with Gasteiger partial charge in [-0.15, -0.1) is 11.3 Å². The molecule has 0 atom stereocenters. The van der Waals surface area contributed by atoms with Crippen molar-refractivity contribution in [2.45, 2.75) is 38.6 Å². The number of hydrogen-bond acceptors (Lipinski definition) is 4. The molecular formula is C17H26ClN3O2S. The number of halogens is 1. The van der Waals surface area contributed by atoms with E-state index in [9.17, 15) is 9.59 Å². The third-order valence-electron chi connectivity index (χ3n) is 4.07. The van der Waals surface area contributed by atoms with Crippen LogP contribution >= 0.6 is 22.9 Å². The van der Waals surface area contributed by atoms with Gasteiger partial charge in [0.15, 0.2) is 0 Å². The lowest BCUT2D eigenvalue weighted by Gasteiger charge is -2.20. The minimum atomic E-state index is 0.0161. The van der Waals surface area contributed by atoms with Crippen LogP contribution in [0.1, 0.15) is 37.0 Å². The summed E-state index contributed by atoms with van der Waals surface area (Å²) in [5, 5.41) is 2.93. The summed E-state index contributed by atoms with van der Waals surface area (Å²) in [4.78, 5) is 28.9. The predicted octanol–water partition coefficient (Wildman–Crippen LogP) is 2.74. The maximum Gasteiger partial charge on any atom is 0.234 e. The number of thiophene rings is 1. The van der Waals surface area contributed by atoms with Crippen LogP contribution in [0.25, 0.3) is 0 Å². The van der Waals surface area contributed by atoms with E-state index >= 15 is 0 Å². The fraction of sp³-hybridized carbons (Fsp3) is 0.647. The Hall–Kier alpha value is -1.11. The zero-order valence-corrected chi connectivity index (χ0v) is 15.8. The predicted molar refractivity (Wildman–Crippen MR) is 98.3 cm³/mol. The molecule has 7 heteroatoms. The minimum Gasteiger partial charge on any atom is -0.355 e. The van der Waals surface area contributed by atoms with Crippen molar-refractivity contribution in [3.63, 3.8) is 0 Å². The number of nitrogens with one attached hydrogen (secondary N) is 1. The molecule has 1 fully saturated rings. The molecule has 1 aliphatic heterocycles. The number of hydrogen-bond donors (Lipinski definition) is 1. The number of nitrogens with zero attached hydrogens (tertiary/aromatic N) is 2. The molecule has 2 heterocycles. The van der Waals surface area contributed by atoms with Crippen molar-refractivity contribution in [3.8, 4) is 0 Å². The van der Waals surface area contributed by atoms with Gasteiger partial charge in [0.2, 0.25) is 11.8 Å². The van der Waals surface area contributed by atoms with Crippen molar-refractivity contribution in [1.29, 1.82) is 0 Å². The summed E-state index contributed by atoms with van der Waals surface area (Å²) >= 11 is 7.45. The molecule has 24 heavy (non-hydrogen) atoms. The average molecular weight is 372 g/mol. The van der Waals surface area contributed by atoms with E-state index in [1.807, 2.05) is 29.0 Å². The molecule has 5 nitrogen and oxygen atoms in total. The maximum absolute atomic E-state index is 12.0. The molecule has 1 aliphatic rings. The second-order valence-corrected chi connectivity index (χ2v) is 8.07. The summed E-state index contributed by atoms with van der Waals surface area (Å²) in [5.41, 5.74) is 0. The normalized spacial score (nSPS) is 15.6. The van der Waals surface area contributed by atoms with Crippen LogP contribution in [-0.2, 0) is 16.1 Å². The van der Waals surface area contributed by atoms with E-state index in [0.717, 1.165) is 48.0 Å². The van der Waals surface area contributed by atoms with Gasteiger partial charge in [-0.2, -0.15) is 0 Å². The standard InChI is InChI=1S/C17H26ClN3O2S/c1-20(12-14-7-8-15(18)24-14)13-16(22)19-9-5-11-21-10-4-2-3-6-17(21)23/h7-8H,2-6,9-13H2,1H3,(H,19,22). The zero-order chi connectivity index (χ0) is 17.4. The van der Waals surface area contributed by atoms with E-state index < -0.39 is 0 Å². The molecule has 1 aromatic heterocycles. The highest BCUT2D eigenvalue weighted by atomic mass is 35.5. The van der Waals surface area contributed by atoms with E-state index in [1.54, 1.807) is 0 Å². The number of rotatable bonds is 8. The van der Waals surface area contributed by atoms with Crippen LogP contribution < -0.4 is 5.32 Å². The van der Waals surface area contributed by atoms with Gasteiger partial charge in [0.1, 0.15) is 0 Å². The van der Waals surface area contributed by atoms with Crippen molar-refractivity contribution in [1.82, 2.24) is 15.1 Å². The molecule has 0 aliphatic carbocycles.